The van der Waals surface area contributed by atoms with Crippen LogP contribution in [0.2, 0.25) is 0 Å². The molecule has 0 radical (unpaired) electrons. The number of carbonyl (C=O) groups excluding carboxylic acids is 3. The van der Waals surface area contributed by atoms with Gasteiger partial charge >= 0.3 is 5.97 Å². The van der Waals surface area contributed by atoms with Crippen LogP contribution in [0.3, 0.4) is 0 Å². The number of benzene rings is 2. The van der Waals surface area contributed by atoms with Crippen molar-refractivity contribution in [1.82, 2.24) is 16.0 Å². The van der Waals surface area contributed by atoms with Gasteiger partial charge in [0.2, 0.25) is 11.8 Å². The molecule has 0 aromatic heterocycles. The summed E-state index contributed by atoms with van der Waals surface area (Å²) >= 11 is 0. The molecule has 0 saturated carbocycles. The van der Waals surface area contributed by atoms with E-state index in [0.29, 0.717) is 12.1 Å². The second-order valence-corrected chi connectivity index (χ2v) is 17.6. The highest BCUT2D eigenvalue weighted by Crippen LogP contribution is 2.32. The van der Waals surface area contributed by atoms with Crippen LogP contribution in [0.5, 0.6) is 11.5 Å². The van der Waals surface area contributed by atoms with Crippen molar-refractivity contribution >= 4 is 23.7 Å². The number of phenolic OH excluding ortho intramolecular Hbond substituents is 2. The fourth-order valence-corrected chi connectivity index (χ4v) is 8.44. The van der Waals surface area contributed by atoms with Crippen LogP contribution in [-0.4, -0.2) is 230 Å². The number of aromatic hydroxyl groups is 2. The summed E-state index contributed by atoms with van der Waals surface area (Å²) in [6.07, 6.45) is -24.3. The lowest BCUT2D eigenvalue weighted by molar-refractivity contribution is -0.327. The zero-order chi connectivity index (χ0) is 54.4. The Labute approximate surface area is 419 Å². The minimum absolute atomic E-state index is 0.0721. The predicted molar refractivity (Wildman–Crippen MR) is 246 cm³/mol. The van der Waals surface area contributed by atoms with Crippen molar-refractivity contribution in [3.8, 4) is 11.5 Å². The maximum absolute atomic E-state index is 12.9. The molecule has 4 fully saturated rings. The SMILES string of the molecule is COC1C(C(=O)NCc2ccc(O)cc2)OC(OC2C(O)C(CO)OC(C)C2NC(C)=O)C(O)C1O.COC1C(C(=O)O)OC(OC2C(O)C(CO)OC(C)C2NC(C)=O)C(O)C1O.NCc1ccc(O)cc1. The number of phenols is 2. The topological polar surface area (TPSA) is 427 Å². The maximum Gasteiger partial charge on any atom is 0.335 e. The molecule has 2 aromatic carbocycles. The van der Waals surface area contributed by atoms with Gasteiger partial charge in [-0.1, -0.05) is 24.3 Å². The highest BCUT2D eigenvalue weighted by atomic mass is 16.7. The molecular formula is C46H70N4O23. The Morgan fingerprint density at radius 1 is 0.575 bits per heavy atom. The first-order valence-corrected chi connectivity index (χ1v) is 23.1. The number of aliphatic carboxylic acids is 1. The van der Waals surface area contributed by atoms with Crippen LogP contribution in [0.15, 0.2) is 48.5 Å². The summed E-state index contributed by atoms with van der Waals surface area (Å²) in [4.78, 5) is 47.6. The molecule has 412 valence electrons. The molecule has 73 heavy (non-hydrogen) atoms. The summed E-state index contributed by atoms with van der Waals surface area (Å²) in [7, 11) is 2.40. The number of rotatable bonds is 15. The monoisotopic (exact) mass is 1050 g/mol. The molecule has 0 spiro atoms. The van der Waals surface area contributed by atoms with Crippen molar-refractivity contribution in [2.45, 2.75) is 163 Å². The van der Waals surface area contributed by atoms with Gasteiger partial charge in [-0.05, 0) is 49.2 Å². The summed E-state index contributed by atoms with van der Waals surface area (Å²) < 4.78 is 43.6. The lowest BCUT2D eigenvalue weighted by Crippen LogP contribution is -2.68. The third kappa shape index (κ3) is 15.9. The lowest BCUT2D eigenvalue weighted by Gasteiger charge is -2.47. The molecule has 4 heterocycles. The summed E-state index contributed by atoms with van der Waals surface area (Å²) in [6, 6.07) is 11.2. The highest BCUT2D eigenvalue weighted by Gasteiger charge is 2.54. The van der Waals surface area contributed by atoms with Crippen LogP contribution >= 0.6 is 0 Å². The molecule has 20 unspecified atom stereocenters. The van der Waals surface area contributed by atoms with Gasteiger partial charge in [-0.2, -0.15) is 0 Å². The van der Waals surface area contributed by atoms with Crippen molar-refractivity contribution in [3.05, 3.63) is 59.7 Å². The number of hydrogen-bond donors (Lipinski definition) is 15. The smallest absolute Gasteiger partial charge is 0.335 e. The van der Waals surface area contributed by atoms with Gasteiger partial charge in [0.1, 0.15) is 84.7 Å². The molecule has 4 aliphatic rings. The summed E-state index contributed by atoms with van der Waals surface area (Å²) in [5, 5.41) is 117. The van der Waals surface area contributed by atoms with Gasteiger partial charge in [0.05, 0.1) is 37.5 Å². The Morgan fingerprint density at radius 2 is 0.959 bits per heavy atom. The van der Waals surface area contributed by atoms with Gasteiger partial charge in [0, 0.05) is 41.2 Å². The van der Waals surface area contributed by atoms with E-state index >= 15 is 0 Å². The van der Waals surface area contributed by atoms with Crippen LogP contribution in [0, 0.1) is 0 Å². The standard InChI is InChI=1S/C23H34N2O11.C16H27NO11.C7H9NO/c1-10-15(25-11(2)27)19(16(29)14(9-26)34-10)35-23-18(31)17(30)20(33-3)21(36-23)22(32)24-8-12-4-6-13(28)7-5-12;1-5-8(17-6(2)19)12(9(20)7(4-18)26-5)27-16-11(22)10(21)13(25-3)14(28-16)15(23)24;8-5-6-1-3-7(9)4-2-6/h4-7,10,14-21,23,26,28-31H,8-9H2,1-3H3,(H,24,32)(H,25,27);5,7-14,16,18,20-22H,4H2,1-3H3,(H,17,19)(H,23,24);1-4,9H,5,8H2. The second kappa shape index (κ2) is 28.2. The van der Waals surface area contributed by atoms with Crippen molar-refractivity contribution in [3.63, 3.8) is 0 Å². The Kier molecular flexibility index (Phi) is 23.5. The number of aliphatic hydroxyl groups is 8. The fourth-order valence-electron chi connectivity index (χ4n) is 8.44. The van der Waals surface area contributed by atoms with Crippen molar-refractivity contribution in [1.29, 1.82) is 0 Å². The van der Waals surface area contributed by atoms with E-state index in [9.17, 15) is 70.2 Å². The van der Waals surface area contributed by atoms with E-state index in [1.807, 2.05) is 0 Å². The Hall–Kier alpha value is -4.76. The van der Waals surface area contributed by atoms with E-state index < -0.39 is 159 Å². The minimum Gasteiger partial charge on any atom is -0.508 e. The minimum atomic E-state index is -1.70. The molecule has 0 aliphatic carbocycles. The van der Waals surface area contributed by atoms with Gasteiger partial charge in [-0.15, -0.1) is 0 Å². The first kappa shape index (κ1) is 60.8. The quantitative estimate of drug-likeness (QED) is 0.0793. The molecular weight excluding hydrogens is 977 g/mol. The first-order valence-electron chi connectivity index (χ1n) is 23.1. The van der Waals surface area contributed by atoms with Crippen molar-refractivity contribution in [2.75, 3.05) is 27.4 Å². The van der Waals surface area contributed by atoms with Crippen LogP contribution in [0.1, 0.15) is 38.8 Å². The van der Waals surface area contributed by atoms with Crippen molar-refractivity contribution < 1.29 is 113 Å². The van der Waals surface area contributed by atoms with E-state index in [1.54, 1.807) is 50.2 Å². The average molecular weight is 1050 g/mol. The van der Waals surface area contributed by atoms with Crippen LogP contribution < -0.4 is 21.7 Å². The number of amides is 3. The third-order valence-corrected chi connectivity index (χ3v) is 12.3. The fraction of sp³-hybridized carbons (Fsp3) is 0.652. The van der Waals surface area contributed by atoms with Gasteiger partial charge in [-0.3, -0.25) is 14.4 Å². The number of carboxylic acid groups (broad SMARTS) is 1. The normalized spacial score (nSPS) is 36.2. The Morgan fingerprint density at radius 3 is 1.32 bits per heavy atom. The van der Waals surface area contributed by atoms with Crippen LogP contribution in [0.4, 0.5) is 0 Å². The maximum atomic E-state index is 12.9. The Balaban J connectivity index is 0.000000275. The number of methoxy groups -OCH3 is 2. The molecule has 27 heteroatoms. The number of carboxylic acids is 1. The first-order chi connectivity index (χ1) is 34.5. The molecule has 16 N–H and O–H groups in total. The molecule has 4 aliphatic heterocycles. The average Bonchev–Trinajstić information content (AvgIpc) is 3.35. The molecule has 27 nitrogen and oxygen atoms in total. The molecule has 0 bridgehead atoms. The number of hydrogen-bond acceptors (Lipinski definition) is 23. The van der Waals surface area contributed by atoms with E-state index in [-0.39, 0.29) is 18.0 Å². The number of ether oxygens (including phenoxy) is 8. The summed E-state index contributed by atoms with van der Waals surface area (Å²) in [6.45, 7) is 5.23. The Bertz CT molecular complexity index is 2040. The predicted octanol–water partition coefficient (Wildman–Crippen LogP) is -5.09. The molecule has 4 saturated heterocycles. The number of carbonyl (C=O) groups is 4. The van der Waals surface area contributed by atoms with Gasteiger partial charge in [-0.25, -0.2) is 4.79 Å². The number of aliphatic hydroxyl groups excluding tert-OH is 8. The van der Waals surface area contributed by atoms with Crippen LogP contribution in [0.25, 0.3) is 0 Å². The zero-order valence-corrected chi connectivity index (χ0v) is 40.9. The molecule has 2 aromatic rings. The van der Waals surface area contributed by atoms with E-state index in [0.717, 1.165) is 12.7 Å². The largest absolute Gasteiger partial charge is 0.508 e. The highest BCUT2D eigenvalue weighted by molar-refractivity contribution is 5.81. The van der Waals surface area contributed by atoms with E-state index in [2.05, 4.69) is 16.0 Å². The number of nitrogens with one attached hydrogen (secondary N) is 3. The van der Waals surface area contributed by atoms with Gasteiger partial charge < -0.3 is 116 Å². The van der Waals surface area contributed by atoms with E-state index in [4.69, 9.17) is 48.7 Å². The third-order valence-electron chi connectivity index (χ3n) is 12.3. The second-order valence-electron chi connectivity index (χ2n) is 17.6. The van der Waals surface area contributed by atoms with Crippen LogP contribution in [-0.2, 0) is 70.2 Å². The summed E-state index contributed by atoms with van der Waals surface area (Å²) in [5.74, 6) is -2.64. The molecule has 3 amide bonds. The molecule has 6 rings (SSSR count). The van der Waals surface area contributed by atoms with Gasteiger partial charge in [0.25, 0.3) is 5.91 Å². The van der Waals surface area contributed by atoms with Gasteiger partial charge in [0.15, 0.2) is 24.8 Å². The number of nitrogens with two attached hydrogens (primary N) is 1. The lowest BCUT2D eigenvalue weighted by atomic mass is 9.92. The molecule has 20 atom stereocenters. The van der Waals surface area contributed by atoms with E-state index in [1.165, 1.54) is 33.1 Å². The van der Waals surface area contributed by atoms with Crippen molar-refractivity contribution in [2.24, 2.45) is 5.73 Å². The zero-order valence-electron chi connectivity index (χ0n) is 40.9. The summed E-state index contributed by atoms with van der Waals surface area (Å²) in [5.41, 5.74) is 7.04.